The van der Waals surface area contributed by atoms with Gasteiger partial charge in [-0.05, 0) is 18.9 Å². The van der Waals surface area contributed by atoms with Crippen LogP contribution in [-0.2, 0) is 0 Å². The number of allylic oxidation sites excluding steroid dienone is 1. The first kappa shape index (κ1) is 5.71. The molecule has 1 aliphatic rings. The summed E-state index contributed by atoms with van der Waals surface area (Å²) in [6.07, 6.45) is 4.90. The van der Waals surface area contributed by atoms with Crippen LogP contribution in [0.25, 0.3) is 5.57 Å². The molecule has 0 radical (unpaired) electrons. The minimum Gasteiger partial charge on any atom is -0.328 e. The minimum atomic E-state index is 0.560. The Bertz CT molecular complexity index is 273. The summed E-state index contributed by atoms with van der Waals surface area (Å²) in [6, 6.07) is 0.560. The fourth-order valence-electron chi connectivity index (χ4n) is 1.49. The Hall–Kier alpha value is -1.05. The first-order chi connectivity index (χ1) is 4.79. The number of nitrogens with zero attached hydrogens (tertiary/aromatic N) is 2. The van der Waals surface area contributed by atoms with Crippen LogP contribution < -0.4 is 0 Å². The van der Waals surface area contributed by atoms with Gasteiger partial charge in [0.25, 0.3) is 0 Å². The zero-order chi connectivity index (χ0) is 7.14. The third kappa shape index (κ3) is 0.561. The molecule has 0 saturated heterocycles. The van der Waals surface area contributed by atoms with E-state index in [4.69, 9.17) is 0 Å². The number of rotatable bonds is 0. The fourth-order valence-corrected chi connectivity index (χ4v) is 1.49. The molecule has 52 valence electrons. The maximum atomic E-state index is 4.19. The SMILES string of the molecule is C=C1CC(C)n2ccnc21. The predicted molar refractivity (Wildman–Crippen MR) is 40.6 cm³/mol. The van der Waals surface area contributed by atoms with Crippen molar-refractivity contribution in [1.29, 1.82) is 0 Å². The Morgan fingerprint density at radius 1 is 1.80 bits per heavy atom. The highest BCUT2D eigenvalue weighted by Crippen LogP contribution is 2.31. The van der Waals surface area contributed by atoms with Crippen LogP contribution in [0.3, 0.4) is 0 Å². The van der Waals surface area contributed by atoms with E-state index < -0.39 is 0 Å². The molecular formula is C8H10N2. The molecule has 2 heteroatoms. The standard InChI is InChI=1S/C8H10N2/c1-6-5-7(2)10-4-3-9-8(6)10/h3-4,7H,1,5H2,2H3. The monoisotopic (exact) mass is 134 g/mol. The Morgan fingerprint density at radius 2 is 2.60 bits per heavy atom. The minimum absolute atomic E-state index is 0.560. The average Bonchev–Trinajstić information content (AvgIpc) is 2.39. The third-order valence-electron chi connectivity index (χ3n) is 2.00. The molecule has 1 aliphatic heterocycles. The Morgan fingerprint density at radius 3 is 3.30 bits per heavy atom. The smallest absolute Gasteiger partial charge is 0.135 e. The molecule has 2 nitrogen and oxygen atoms in total. The van der Waals surface area contributed by atoms with E-state index in [1.165, 1.54) is 0 Å². The van der Waals surface area contributed by atoms with Gasteiger partial charge in [0.1, 0.15) is 5.82 Å². The molecular weight excluding hydrogens is 124 g/mol. The van der Waals surface area contributed by atoms with Gasteiger partial charge in [-0.25, -0.2) is 4.98 Å². The molecule has 0 amide bonds. The first-order valence-electron chi connectivity index (χ1n) is 3.50. The van der Waals surface area contributed by atoms with Crippen LogP contribution in [-0.4, -0.2) is 9.55 Å². The van der Waals surface area contributed by atoms with Crippen LogP contribution in [0.4, 0.5) is 0 Å². The van der Waals surface area contributed by atoms with Crippen LogP contribution in [0.5, 0.6) is 0 Å². The van der Waals surface area contributed by atoms with Crippen LogP contribution in [0, 0.1) is 0 Å². The zero-order valence-corrected chi connectivity index (χ0v) is 6.04. The van der Waals surface area contributed by atoms with Crippen LogP contribution in [0.2, 0.25) is 0 Å². The lowest BCUT2D eigenvalue weighted by atomic mass is 10.2. The highest BCUT2D eigenvalue weighted by Gasteiger charge is 2.20. The Labute approximate surface area is 60.2 Å². The maximum Gasteiger partial charge on any atom is 0.135 e. The van der Waals surface area contributed by atoms with E-state index in [0.717, 1.165) is 17.8 Å². The van der Waals surface area contributed by atoms with E-state index in [1.807, 2.05) is 12.4 Å². The molecule has 0 saturated carbocycles. The van der Waals surface area contributed by atoms with Crippen LogP contribution >= 0.6 is 0 Å². The first-order valence-corrected chi connectivity index (χ1v) is 3.50. The van der Waals surface area contributed by atoms with Crippen molar-refractivity contribution in [3.8, 4) is 0 Å². The summed E-state index contributed by atoms with van der Waals surface area (Å²) in [6.45, 7) is 6.12. The van der Waals surface area contributed by atoms with Gasteiger partial charge < -0.3 is 4.57 Å². The molecule has 1 atom stereocenters. The van der Waals surface area contributed by atoms with Crippen molar-refractivity contribution in [3.63, 3.8) is 0 Å². The van der Waals surface area contributed by atoms with Gasteiger partial charge in [-0.3, -0.25) is 0 Å². The second-order valence-corrected chi connectivity index (χ2v) is 2.81. The number of aromatic nitrogens is 2. The summed E-state index contributed by atoms with van der Waals surface area (Å²) in [5, 5.41) is 0. The van der Waals surface area contributed by atoms with Gasteiger partial charge in [-0.2, -0.15) is 0 Å². The molecule has 1 unspecified atom stereocenters. The lowest BCUT2D eigenvalue weighted by Crippen LogP contribution is -1.95. The summed E-state index contributed by atoms with van der Waals surface area (Å²) < 4.78 is 2.17. The van der Waals surface area contributed by atoms with E-state index in [0.29, 0.717) is 6.04 Å². The van der Waals surface area contributed by atoms with Gasteiger partial charge in [-0.1, -0.05) is 6.58 Å². The van der Waals surface area contributed by atoms with Gasteiger partial charge in [0.05, 0.1) is 0 Å². The van der Waals surface area contributed by atoms with Crippen molar-refractivity contribution in [1.82, 2.24) is 9.55 Å². The summed E-state index contributed by atoms with van der Waals surface area (Å²) in [7, 11) is 0. The molecule has 0 fully saturated rings. The molecule has 2 rings (SSSR count). The van der Waals surface area contributed by atoms with Crippen molar-refractivity contribution in [3.05, 3.63) is 24.8 Å². The molecule has 0 spiro atoms. The molecule has 0 N–H and O–H groups in total. The Kier molecular flexibility index (Phi) is 0.982. The molecule has 1 aromatic rings. The normalized spacial score (nSPS) is 23.3. The van der Waals surface area contributed by atoms with Crippen LogP contribution in [0.1, 0.15) is 25.2 Å². The van der Waals surface area contributed by atoms with E-state index in [9.17, 15) is 0 Å². The molecule has 0 bridgehead atoms. The van der Waals surface area contributed by atoms with Gasteiger partial charge in [0.2, 0.25) is 0 Å². The summed E-state index contributed by atoms with van der Waals surface area (Å²) >= 11 is 0. The van der Waals surface area contributed by atoms with Crippen molar-refractivity contribution in [2.24, 2.45) is 0 Å². The number of hydrogen-bond donors (Lipinski definition) is 0. The number of imidazole rings is 1. The number of hydrogen-bond acceptors (Lipinski definition) is 1. The van der Waals surface area contributed by atoms with Gasteiger partial charge in [0.15, 0.2) is 0 Å². The van der Waals surface area contributed by atoms with E-state index in [2.05, 4.69) is 23.1 Å². The van der Waals surface area contributed by atoms with Gasteiger partial charge in [0, 0.05) is 18.4 Å². The largest absolute Gasteiger partial charge is 0.328 e. The summed E-state index contributed by atoms with van der Waals surface area (Å²) in [5.74, 6) is 1.06. The van der Waals surface area contributed by atoms with E-state index in [1.54, 1.807) is 0 Å². The maximum absolute atomic E-state index is 4.19. The lowest BCUT2D eigenvalue weighted by Gasteiger charge is -2.01. The van der Waals surface area contributed by atoms with Crippen LogP contribution in [0.15, 0.2) is 19.0 Å². The van der Waals surface area contributed by atoms with Gasteiger partial charge >= 0.3 is 0 Å². The highest BCUT2D eigenvalue weighted by molar-refractivity contribution is 5.60. The summed E-state index contributed by atoms with van der Waals surface area (Å²) in [4.78, 5) is 4.19. The molecule has 0 aliphatic carbocycles. The van der Waals surface area contributed by atoms with Crippen molar-refractivity contribution in [2.75, 3.05) is 0 Å². The molecule has 10 heavy (non-hydrogen) atoms. The topological polar surface area (TPSA) is 17.8 Å². The predicted octanol–water partition coefficient (Wildman–Crippen LogP) is 1.86. The second kappa shape index (κ2) is 1.72. The lowest BCUT2D eigenvalue weighted by molar-refractivity contribution is 0.597. The van der Waals surface area contributed by atoms with Gasteiger partial charge in [-0.15, -0.1) is 0 Å². The Balaban J connectivity index is 2.58. The zero-order valence-electron chi connectivity index (χ0n) is 6.04. The van der Waals surface area contributed by atoms with E-state index in [-0.39, 0.29) is 0 Å². The van der Waals surface area contributed by atoms with Crippen molar-refractivity contribution >= 4 is 5.57 Å². The molecule has 1 aromatic heterocycles. The fraction of sp³-hybridized carbons (Fsp3) is 0.375. The molecule has 2 heterocycles. The number of fused-ring (bicyclic) bond motifs is 1. The molecule has 0 aromatic carbocycles. The average molecular weight is 134 g/mol. The third-order valence-corrected chi connectivity index (χ3v) is 2.00. The highest BCUT2D eigenvalue weighted by atomic mass is 15.1. The van der Waals surface area contributed by atoms with E-state index >= 15 is 0 Å². The van der Waals surface area contributed by atoms with Crippen molar-refractivity contribution < 1.29 is 0 Å². The van der Waals surface area contributed by atoms with Crippen molar-refractivity contribution in [2.45, 2.75) is 19.4 Å². The summed E-state index contributed by atoms with van der Waals surface area (Å²) in [5.41, 5.74) is 1.16. The quantitative estimate of drug-likeness (QED) is 0.529. The second-order valence-electron chi connectivity index (χ2n) is 2.81.